The van der Waals surface area contributed by atoms with Crippen molar-refractivity contribution in [2.45, 2.75) is 33.0 Å². The maximum Gasteiger partial charge on any atom is 0.280 e. The largest absolute Gasteiger partial charge is 0.330 e. The van der Waals surface area contributed by atoms with Crippen molar-refractivity contribution in [3.63, 3.8) is 0 Å². The van der Waals surface area contributed by atoms with Gasteiger partial charge in [0.2, 0.25) is 5.91 Å². The lowest BCUT2D eigenvalue weighted by Gasteiger charge is -2.20. The number of pyridine rings is 1. The first-order valence-electron chi connectivity index (χ1n) is 11.7. The molecule has 4 aromatic rings. The number of carbonyl (C=O) groups is 3. The van der Waals surface area contributed by atoms with Crippen LogP contribution in [0.2, 0.25) is 0 Å². The second-order valence-corrected chi connectivity index (χ2v) is 9.01. The summed E-state index contributed by atoms with van der Waals surface area (Å²) in [6, 6.07) is 6.25. The van der Waals surface area contributed by atoms with Crippen LogP contribution >= 0.6 is 0 Å². The minimum atomic E-state index is -1.02. The molecule has 0 spiro atoms. The molecule has 0 atom stereocenters. The van der Waals surface area contributed by atoms with Gasteiger partial charge in [-0.15, -0.1) is 0 Å². The third kappa shape index (κ3) is 4.60. The first kappa shape index (κ1) is 25.6. The van der Waals surface area contributed by atoms with E-state index in [4.69, 9.17) is 0 Å². The minimum Gasteiger partial charge on any atom is -0.330 e. The Morgan fingerprint density at radius 2 is 1.77 bits per heavy atom. The monoisotopic (exact) mass is 539 g/mol. The first-order chi connectivity index (χ1) is 18.5. The van der Waals surface area contributed by atoms with Crippen molar-refractivity contribution in [1.82, 2.24) is 24.1 Å². The van der Waals surface area contributed by atoms with Crippen molar-refractivity contribution in [2.75, 3.05) is 10.6 Å². The number of amides is 3. The zero-order valence-electron chi connectivity index (χ0n) is 20.5. The highest BCUT2D eigenvalue weighted by atomic mass is 19.1. The number of carbonyl (C=O) groups excluding carboxylic acids is 3. The normalized spacial score (nSPS) is 12.8. The zero-order valence-corrected chi connectivity index (χ0v) is 20.5. The number of rotatable bonds is 6. The van der Waals surface area contributed by atoms with Crippen molar-refractivity contribution in [1.29, 1.82) is 0 Å². The van der Waals surface area contributed by atoms with E-state index in [1.54, 1.807) is 13.8 Å². The molecule has 0 fully saturated rings. The molecule has 3 aromatic heterocycles. The number of halogens is 3. The Kier molecular flexibility index (Phi) is 6.38. The summed E-state index contributed by atoms with van der Waals surface area (Å²) in [5.74, 6) is -4.79. The second kappa shape index (κ2) is 9.70. The number of fused-ring (bicyclic) bond motifs is 2. The van der Waals surface area contributed by atoms with Crippen molar-refractivity contribution in [3.05, 3.63) is 87.4 Å². The third-order valence-corrected chi connectivity index (χ3v) is 6.12. The van der Waals surface area contributed by atoms with Gasteiger partial charge in [0.05, 0.1) is 18.3 Å². The number of nitrogens with zero attached hydrogens (tertiary/aromatic N) is 5. The van der Waals surface area contributed by atoms with Gasteiger partial charge >= 0.3 is 0 Å². The first-order valence-corrected chi connectivity index (χ1v) is 11.7. The van der Waals surface area contributed by atoms with Gasteiger partial charge < -0.3 is 20.1 Å². The summed E-state index contributed by atoms with van der Waals surface area (Å²) in [5, 5.41) is 8.58. The zero-order chi connectivity index (χ0) is 28.0. The summed E-state index contributed by atoms with van der Waals surface area (Å²) in [6.45, 7) is 2.98. The molecule has 2 N–H and O–H groups in total. The summed E-state index contributed by atoms with van der Waals surface area (Å²) in [5.41, 5.74) is -1.87. The molecule has 39 heavy (non-hydrogen) atoms. The topological polar surface area (TPSA) is 131 Å². The van der Waals surface area contributed by atoms with Gasteiger partial charge in [-0.05, 0) is 38.1 Å². The van der Waals surface area contributed by atoms with Crippen LogP contribution < -0.4 is 16.2 Å². The van der Waals surface area contributed by atoms with E-state index in [0.717, 1.165) is 41.0 Å². The van der Waals surface area contributed by atoms with Crippen molar-refractivity contribution in [2.24, 2.45) is 0 Å². The minimum absolute atomic E-state index is 0.0470. The van der Waals surface area contributed by atoms with Gasteiger partial charge in [0.1, 0.15) is 46.8 Å². The van der Waals surface area contributed by atoms with Gasteiger partial charge in [-0.25, -0.2) is 18.2 Å². The number of nitrogens with one attached hydrogen (secondary N) is 2. The predicted octanol–water partition coefficient (Wildman–Crippen LogP) is 2.56. The molecule has 3 amide bonds. The third-order valence-electron chi connectivity index (χ3n) is 6.12. The van der Waals surface area contributed by atoms with Crippen LogP contribution in [-0.4, -0.2) is 47.8 Å². The number of anilines is 2. The van der Waals surface area contributed by atoms with Crippen LogP contribution in [0.3, 0.4) is 0 Å². The van der Waals surface area contributed by atoms with Crippen LogP contribution in [0.4, 0.5) is 24.7 Å². The molecule has 5 rings (SSSR count). The molecule has 0 bridgehead atoms. The second-order valence-electron chi connectivity index (χ2n) is 9.01. The van der Waals surface area contributed by atoms with Crippen molar-refractivity contribution < 1.29 is 27.6 Å². The summed E-state index contributed by atoms with van der Waals surface area (Å²) in [7, 11) is 0. The molecule has 1 aromatic carbocycles. The van der Waals surface area contributed by atoms with Crippen molar-refractivity contribution >= 4 is 34.9 Å². The van der Waals surface area contributed by atoms with Crippen molar-refractivity contribution in [3.8, 4) is 0 Å². The molecule has 0 saturated carbocycles. The van der Waals surface area contributed by atoms with E-state index in [-0.39, 0.29) is 41.0 Å². The van der Waals surface area contributed by atoms with E-state index in [2.05, 4.69) is 20.7 Å². The van der Waals surface area contributed by atoms with Gasteiger partial charge in [-0.1, -0.05) is 6.07 Å². The number of benzene rings is 1. The number of para-hydroxylation sites is 1. The van der Waals surface area contributed by atoms with E-state index in [1.807, 2.05) is 0 Å². The van der Waals surface area contributed by atoms with Crippen LogP contribution in [0, 0.1) is 17.5 Å². The Labute approximate surface area is 217 Å². The standard InChI is InChI=1S/C25H20F3N7O4/c1-12(2)33-10-14-22(25(33)39)34(11-19(36)30-18-7-6-13(26)9-29-18)20-8-17(32-35(20)24(14)38)23(37)31-21-15(27)4-3-5-16(21)28/h3-9,12H,10-11H2,1-2H3,(H,31,37)(H,29,30,36). The molecule has 1 aliphatic heterocycles. The van der Waals surface area contributed by atoms with Crippen LogP contribution in [0.1, 0.15) is 40.4 Å². The van der Waals surface area contributed by atoms with Gasteiger partial charge in [0.15, 0.2) is 5.69 Å². The fourth-order valence-corrected chi connectivity index (χ4v) is 4.24. The quantitative estimate of drug-likeness (QED) is 0.387. The summed E-state index contributed by atoms with van der Waals surface area (Å²) in [6.07, 6.45) is 0.912. The summed E-state index contributed by atoms with van der Waals surface area (Å²) in [4.78, 5) is 57.5. The van der Waals surface area contributed by atoms with Gasteiger partial charge in [0.25, 0.3) is 17.4 Å². The van der Waals surface area contributed by atoms with Gasteiger partial charge in [-0.2, -0.15) is 9.61 Å². The highest BCUT2D eigenvalue weighted by Gasteiger charge is 2.36. The average molecular weight is 539 g/mol. The predicted molar refractivity (Wildman–Crippen MR) is 132 cm³/mol. The molecule has 11 nitrogen and oxygen atoms in total. The van der Waals surface area contributed by atoms with Gasteiger partial charge in [-0.3, -0.25) is 19.2 Å². The molecule has 0 saturated heterocycles. The highest BCUT2D eigenvalue weighted by Crippen LogP contribution is 2.25. The fraction of sp³-hybridized carbons (Fsp3) is 0.200. The summed E-state index contributed by atoms with van der Waals surface area (Å²) >= 11 is 0. The molecular formula is C25H20F3N7O4. The molecule has 0 aliphatic carbocycles. The maximum atomic E-state index is 14.1. The molecule has 0 unspecified atom stereocenters. The Bertz CT molecular complexity index is 1690. The number of aromatic nitrogens is 4. The van der Waals surface area contributed by atoms with Crippen LogP contribution in [0.25, 0.3) is 5.65 Å². The summed E-state index contributed by atoms with van der Waals surface area (Å²) < 4.78 is 43.4. The molecule has 4 heterocycles. The van der Waals surface area contributed by atoms with E-state index in [1.165, 1.54) is 15.5 Å². The fourth-order valence-electron chi connectivity index (χ4n) is 4.24. The lowest BCUT2D eigenvalue weighted by Crippen LogP contribution is -2.32. The maximum absolute atomic E-state index is 14.1. The smallest absolute Gasteiger partial charge is 0.280 e. The lowest BCUT2D eigenvalue weighted by molar-refractivity contribution is -0.116. The molecule has 14 heteroatoms. The van der Waals surface area contributed by atoms with Crippen LogP contribution in [0.15, 0.2) is 47.4 Å². The van der Waals surface area contributed by atoms with Gasteiger partial charge in [0, 0.05) is 12.1 Å². The number of hydrogen-bond donors (Lipinski definition) is 2. The SMILES string of the molecule is CC(C)N1Cc2c(n(CC(=O)Nc3ccc(F)cn3)c3cc(C(=O)Nc4c(F)cccc4F)nn3c2=O)C1=O. The van der Waals surface area contributed by atoms with Crippen LogP contribution in [-0.2, 0) is 17.9 Å². The molecule has 200 valence electrons. The Hall–Kier alpha value is -5.01. The highest BCUT2D eigenvalue weighted by molar-refractivity contribution is 6.04. The van der Waals surface area contributed by atoms with E-state index in [0.29, 0.717) is 0 Å². The average Bonchev–Trinajstić information content (AvgIpc) is 3.48. The Morgan fingerprint density at radius 1 is 1.05 bits per heavy atom. The Morgan fingerprint density at radius 3 is 2.41 bits per heavy atom. The molecule has 1 aliphatic rings. The van der Waals surface area contributed by atoms with E-state index < -0.39 is 53.0 Å². The van der Waals surface area contributed by atoms with E-state index in [9.17, 15) is 32.3 Å². The molecular weight excluding hydrogens is 519 g/mol. The molecule has 0 radical (unpaired) electrons. The van der Waals surface area contributed by atoms with E-state index >= 15 is 0 Å². The van der Waals surface area contributed by atoms with Crippen LogP contribution in [0.5, 0.6) is 0 Å². The Balaban J connectivity index is 1.58. The number of hydrogen-bond acceptors (Lipinski definition) is 6. The lowest BCUT2D eigenvalue weighted by atomic mass is 10.2.